The normalized spacial score (nSPS) is 12.2. The van der Waals surface area contributed by atoms with E-state index in [1.54, 1.807) is 6.08 Å². The molecule has 0 aliphatic carbocycles. The molecule has 0 N–H and O–H groups in total. The van der Waals surface area contributed by atoms with Gasteiger partial charge in [-0.1, -0.05) is 49.1 Å². The molecule has 0 unspecified atom stereocenters. The summed E-state index contributed by atoms with van der Waals surface area (Å²) < 4.78 is 0. The number of para-hydroxylation sites is 1. The largest absolute Gasteiger partial charge is 0.233 e. The molecule has 2 nitrogen and oxygen atoms in total. The number of aromatic nitrogens is 2. The van der Waals surface area contributed by atoms with Gasteiger partial charge in [-0.3, -0.25) is 0 Å². The van der Waals surface area contributed by atoms with Crippen molar-refractivity contribution in [1.82, 2.24) is 9.97 Å². The van der Waals surface area contributed by atoms with Crippen molar-refractivity contribution >= 4 is 16.5 Å². The highest BCUT2D eigenvalue weighted by Gasteiger charge is 2.07. The molecule has 0 spiro atoms. The van der Waals surface area contributed by atoms with Crippen LogP contribution in [0.2, 0.25) is 0 Å². The monoisotopic (exact) mass is 236 g/mol. The Bertz CT molecular complexity index is 637. The fourth-order valence-electron chi connectivity index (χ4n) is 1.93. The highest BCUT2D eigenvalue weighted by molar-refractivity contribution is 5.92. The minimum absolute atomic E-state index is 0.781. The molecule has 1 aromatic carbocycles. The molecule has 0 amide bonds. The standard InChI is InChI=1S/C16H16N2/c1-4-8-13(9-5-2)16-14-10-6-7-11-15(14)17-12(3)18-16/h4-11H,1H2,2-3H3/b9-5-,13-8+. The lowest BCUT2D eigenvalue weighted by molar-refractivity contribution is 1.08. The quantitative estimate of drug-likeness (QED) is 0.750. The van der Waals surface area contributed by atoms with Gasteiger partial charge >= 0.3 is 0 Å². The Morgan fingerprint density at radius 1 is 1.22 bits per heavy atom. The Hall–Kier alpha value is -2.22. The van der Waals surface area contributed by atoms with Gasteiger partial charge in [0.25, 0.3) is 0 Å². The summed E-state index contributed by atoms with van der Waals surface area (Å²) in [6, 6.07) is 8.05. The number of rotatable bonds is 3. The molecular formula is C16H16N2. The lowest BCUT2D eigenvalue weighted by Crippen LogP contribution is -1.96. The van der Waals surface area contributed by atoms with Crippen molar-refractivity contribution in [3.63, 3.8) is 0 Å². The van der Waals surface area contributed by atoms with E-state index < -0.39 is 0 Å². The molecule has 0 bridgehead atoms. The molecule has 0 atom stereocenters. The van der Waals surface area contributed by atoms with Crippen LogP contribution in [0.15, 0.2) is 55.1 Å². The average Bonchev–Trinajstić information content (AvgIpc) is 2.37. The third kappa shape index (κ3) is 2.38. The van der Waals surface area contributed by atoms with Crippen LogP contribution in [-0.4, -0.2) is 9.97 Å². The molecule has 0 saturated heterocycles. The first-order valence-corrected chi connectivity index (χ1v) is 5.95. The van der Waals surface area contributed by atoms with E-state index in [2.05, 4.69) is 16.5 Å². The van der Waals surface area contributed by atoms with Crippen molar-refractivity contribution in [2.24, 2.45) is 0 Å². The first-order valence-electron chi connectivity index (χ1n) is 5.95. The van der Waals surface area contributed by atoms with Crippen molar-refractivity contribution in [2.75, 3.05) is 0 Å². The predicted molar refractivity (Wildman–Crippen MR) is 77.3 cm³/mol. The third-order valence-corrected chi connectivity index (χ3v) is 2.63. The van der Waals surface area contributed by atoms with Gasteiger partial charge in [0.05, 0.1) is 11.2 Å². The molecule has 0 aliphatic rings. The molecule has 1 aromatic heterocycles. The van der Waals surface area contributed by atoms with Crippen LogP contribution in [0, 0.1) is 6.92 Å². The van der Waals surface area contributed by atoms with Crippen LogP contribution < -0.4 is 0 Å². The van der Waals surface area contributed by atoms with Crippen LogP contribution in [0.5, 0.6) is 0 Å². The molecule has 2 rings (SSSR count). The summed E-state index contributed by atoms with van der Waals surface area (Å²) in [5, 5.41) is 1.06. The Morgan fingerprint density at radius 2 is 2.00 bits per heavy atom. The second-order valence-electron chi connectivity index (χ2n) is 3.99. The van der Waals surface area contributed by atoms with Crippen molar-refractivity contribution in [3.8, 4) is 0 Å². The van der Waals surface area contributed by atoms with Gasteiger partial charge in [-0.25, -0.2) is 9.97 Å². The van der Waals surface area contributed by atoms with E-state index in [1.807, 2.05) is 56.3 Å². The van der Waals surface area contributed by atoms with Gasteiger partial charge in [0.1, 0.15) is 5.82 Å². The minimum Gasteiger partial charge on any atom is -0.233 e. The fourth-order valence-corrected chi connectivity index (χ4v) is 1.93. The molecule has 1 heterocycles. The first-order chi connectivity index (χ1) is 8.76. The first kappa shape index (κ1) is 12.2. The number of fused-ring (bicyclic) bond motifs is 1. The molecule has 0 radical (unpaired) electrons. The summed E-state index contributed by atoms with van der Waals surface area (Å²) in [7, 11) is 0. The van der Waals surface area contributed by atoms with Gasteiger partial charge in [0.2, 0.25) is 0 Å². The Balaban J connectivity index is 2.76. The highest BCUT2D eigenvalue weighted by atomic mass is 14.9. The number of aryl methyl sites for hydroxylation is 1. The van der Waals surface area contributed by atoms with E-state index in [-0.39, 0.29) is 0 Å². The van der Waals surface area contributed by atoms with Gasteiger partial charge < -0.3 is 0 Å². The molecule has 2 heteroatoms. The van der Waals surface area contributed by atoms with E-state index >= 15 is 0 Å². The summed E-state index contributed by atoms with van der Waals surface area (Å²) in [5.41, 5.74) is 2.98. The highest BCUT2D eigenvalue weighted by Crippen LogP contribution is 2.23. The van der Waals surface area contributed by atoms with E-state index in [9.17, 15) is 0 Å². The average molecular weight is 236 g/mol. The van der Waals surface area contributed by atoms with Crippen LogP contribution in [0.25, 0.3) is 16.5 Å². The number of allylic oxidation sites excluding steroid dienone is 5. The molecule has 0 fully saturated rings. The van der Waals surface area contributed by atoms with Crippen molar-refractivity contribution in [2.45, 2.75) is 13.8 Å². The lowest BCUT2D eigenvalue weighted by Gasteiger charge is -2.07. The summed E-state index contributed by atoms with van der Waals surface area (Å²) in [4.78, 5) is 9.01. The molecule has 90 valence electrons. The topological polar surface area (TPSA) is 25.8 Å². The van der Waals surface area contributed by atoms with Crippen molar-refractivity contribution < 1.29 is 0 Å². The second kappa shape index (κ2) is 5.41. The van der Waals surface area contributed by atoms with Gasteiger partial charge in [-0.05, 0) is 19.9 Å². The summed E-state index contributed by atoms with van der Waals surface area (Å²) >= 11 is 0. The summed E-state index contributed by atoms with van der Waals surface area (Å²) in [5.74, 6) is 0.781. The zero-order valence-electron chi connectivity index (χ0n) is 10.7. The molecule has 0 aliphatic heterocycles. The Kier molecular flexibility index (Phi) is 3.68. The number of hydrogen-bond acceptors (Lipinski definition) is 2. The molecule has 2 aromatic rings. The Labute approximate surface area is 107 Å². The van der Waals surface area contributed by atoms with Crippen LogP contribution in [0.3, 0.4) is 0 Å². The minimum atomic E-state index is 0.781. The molecule has 0 saturated carbocycles. The molecular weight excluding hydrogens is 220 g/mol. The maximum absolute atomic E-state index is 4.56. The van der Waals surface area contributed by atoms with E-state index in [0.717, 1.165) is 28.0 Å². The van der Waals surface area contributed by atoms with Gasteiger partial charge in [-0.15, -0.1) is 0 Å². The number of hydrogen-bond donors (Lipinski definition) is 0. The third-order valence-electron chi connectivity index (χ3n) is 2.63. The summed E-state index contributed by atoms with van der Waals surface area (Å²) in [6.07, 6.45) is 7.78. The number of benzene rings is 1. The summed E-state index contributed by atoms with van der Waals surface area (Å²) in [6.45, 7) is 7.66. The maximum Gasteiger partial charge on any atom is 0.126 e. The van der Waals surface area contributed by atoms with Crippen LogP contribution in [-0.2, 0) is 0 Å². The van der Waals surface area contributed by atoms with Crippen molar-refractivity contribution in [1.29, 1.82) is 0 Å². The molecule has 18 heavy (non-hydrogen) atoms. The van der Waals surface area contributed by atoms with Crippen LogP contribution in [0.4, 0.5) is 0 Å². The Morgan fingerprint density at radius 3 is 2.72 bits per heavy atom. The zero-order chi connectivity index (χ0) is 13.0. The maximum atomic E-state index is 4.56. The van der Waals surface area contributed by atoms with Gasteiger partial charge in [0.15, 0.2) is 0 Å². The van der Waals surface area contributed by atoms with Gasteiger partial charge in [-0.2, -0.15) is 0 Å². The number of nitrogens with zero attached hydrogens (tertiary/aromatic N) is 2. The van der Waals surface area contributed by atoms with Crippen molar-refractivity contribution in [3.05, 3.63) is 66.7 Å². The predicted octanol–water partition coefficient (Wildman–Crippen LogP) is 4.08. The fraction of sp³-hybridized carbons (Fsp3) is 0.125. The SMILES string of the molecule is C=C/C=C(\C=C/C)c1nc(C)nc2ccccc12. The van der Waals surface area contributed by atoms with E-state index in [0.29, 0.717) is 0 Å². The zero-order valence-corrected chi connectivity index (χ0v) is 10.7. The van der Waals surface area contributed by atoms with E-state index in [1.165, 1.54) is 0 Å². The lowest BCUT2D eigenvalue weighted by atomic mass is 10.1. The smallest absolute Gasteiger partial charge is 0.126 e. The van der Waals surface area contributed by atoms with Crippen LogP contribution in [0.1, 0.15) is 18.4 Å². The van der Waals surface area contributed by atoms with Gasteiger partial charge in [0, 0.05) is 11.0 Å². The van der Waals surface area contributed by atoms with Crippen LogP contribution >= 0.6 is 0 Å². The second-order valence-corrected chi connectivity index (χ2v) is 3.99. The van der Waals surface area contributed by atoms with E-state index in [4.69, 9.17) is 0 Å².